The summed E-state index contributed by atoms with van der Waals surface area (Å²) in [6.45, 7) is 0. The molecule has 23 heavy (non-hydrogen) atoms. The summed E-state index contributed by atoms with van der Waals surface area (Å²) in [5, 5.41) is 1.06. The number of hydrazine groups is 1. The molecule has 0 aliphatic heterocycles. The number of para-hydroxylation sites is 2. The van der Waals surface area contributed by atoms with Crippen molar-refractivity contribution in [3.63, 3.8) is 0 Å². The molecule has 1 amide bonds. The molecule has 3 rings (SSSR count). The highest BCUT2D eigenvalue weighted by Crippen LogP contribution is 2.37. The first-order valence-electron chi connectivity index (χ1n) is 6.97. The highest BCUT2D eigenvalue weighted by Gasteiger charge is 2.36. The molecule has 1 N–H and O–H groups in total. The number of nitrogens with zero attached hydrogens (tertiary/aromatic N) is 1. The number of amides is 1. The van der Waals surface area contributed by atoms with Gasteiger partial charge in [-0.3, -0.25) is 10.2 Å². The van der Waals surface area contributed by atoms with Gasteiger partial charge >= 0.3 is 0 Å². The minimum atomic E-state index is -0.688. The number of hydrogen-bond donors (Lipinski definition) is 1. The number of rotatable bonds is 4. The van der Waals surface area contributed by atoms with E-state index < -0.39 is 11.6 Å². The number of carbonyl (C=O) groups excluding carboxylic acids is 1. The highest BCUT2D eigenvalue weighted by molar-refractivity contribution is 6.34. The molecule has 0 radical (unpaired) electrons. The van der Waals surface area contributed by atoms with Gasteiger partial charge in [0, 0.05) is 5.92 Å². The third-order valence-corrected chi connectivity index (χ3v) is 4.11. The molecular weight excluding hydrogens is 345 g/mol. The molecule has 0 bridgehead atoms. The third kappa shape index (κ3) is 3.26. The lowest BCUT2D eigenvalue weighted by Gasteiger charge is -2.26. The molecule has 7 heteroatoms. The number of halogens is 4. The van der Waals surface area contributed by atoms with Crippen molar-refractivity contribution < 1.29 is 13.6 Å². The molecule has 1 aliphatic carbocycles. The molecule has 0 atom stereocenters. The molecule has 0 heterocycles. The van der Waals surface area contributed by atoms with Crippen LogP contribution < -0.4 is 10.4 Å². The molecule has 3 nitrogen and oxygen atoms in total. The van der Waals surface area contributed by atoms with Crippen molar-refractivity contribution in [1.82, 2.24) is 0 Å². The molecule has 0 saturated heterocycles. The Morgan fingerprint density at radius 3 is 2.22 bits per heavy atom. The summed E-state index contributed by atoms with van der Waals surface area (Å²) in [6.07, 6.45) is 1.40. The van der Waals surface area contributed by atoms with E-state index in [9.17, 15) is 13.6 Å². The van der Waals surface area contributed by atoms with E-state index in [1.165, 1.54) is 36.4 Å². The van der Waals surface area contributed by atoms with Gasteiger partial charge in [-0.2, -0.15) is 0 Å². The highest BCUT2D eigenvalue weighted by atomic mass is 35.5. The van der Waals surface area contributed by atoms with Crippen molar-refractivity contribution in [2.24, 2.45) is 5.92 Å². The van der Waals surface area contributed by atoms with Gasteiger partial charge in [-0.05, 0) is 37.1 Å². The number of carbonyl (C=O) groups is 1. The van der Waals surface area contributed by atoms with Crippen LogP contribution in [-0.4, -0.2) is 5.91 Å². The predicted octanol–water partition coefficient (Wildman–Crippen LogP) is 5.04. The van der Waals surface area contributed by atoms with Crippen LogP contribution in [0.5, 0.6) is 0 Å². The number of hydrogen-bond acceptors (Lipinski definition) is 2. The molecule has 2 aromatic carbocycles. The van der Waals surface area contributed by atoms with E-state index in [0.717, 1.165) is 5.01 Å². The Labute approximate surface area is 141 Å². The Kier molecular flexibility index (Phi) is 4.41. The summed E-state index contributed by atoms with van der Waals surface area (Å²) < 4.78 is 28.2. The monoisotopic (exact) mass is 356 g/mol. The fraction of sp³-hybridized carbons (Fsp3) is 0.188. The van der Waals surface area contributed by atoms with E-state index in [1.807, 2.05) is 0 Å². The molecular formula is C16H12Cl2F2N2O. The van der Waals surface area contributed by atoms with Crippen LogP contribution in [-0.2, 0) is 4.79 Å². The zero-order valence-corrected chi connectivity index (χ0v) is 13.3. The maximum atomic E-state index is 14.2. The molecule has 1 aliphatic rings. The topological polar surface area (TPSA) is 32.3 Å². The normalized spacial score (nSPS) is 13.7. The average molecular weight is 357 g/mol. The first kappa shape index (κ1) is 16.0. The van der Waals surface area contributed by atoms with Crippen LogP contribution in [0.2, 0.25) is 10.0 Å². The second-order valence-electron chi connectivity index (χ2n) is 5.23. The first-order chi connectivity index (χ1) is 11.0. The third-order valence-electron chi connectivity index (χ3n) is 3.49. The van der Waals surface area contributed by atoms with Gasteiger partial charge in [0.2, 0.25) is 5.91 Å². The summed E-state index contributed by atoms with van der Waals surface area (Å²) >= 11 is 12.0. The zero-order chi connectivity index (χ0) is 16.6. The lowest BCUT2D eigenvalue weighted by Crippen LogP contribution is -2.38. The van der Waals surface area contributed by atoms with Crippen molar-refractivity contribution in [3.8, 4) is 0 Å². The lowest BCUT2D eigenvalue weighted by atomic mass is 10.2. The van der Waals surface area contributed by atoms with Crippen LogP contribution in [0.4, 0.5) is 20.2 Å². The van der Waals surface area contributed by atoms with Crippen LogP contribution in [0.15, 0.2) is 36.4 Å². The van der Waals surface area contributed by atoms with Gasteiger partial charge in [-0.25, -0.2) is 13.8 Å². The second kappa shape index (κ2) is 6.34. The summed E-state index contributed by atoms with van der Waals surface area (Å²) in [5.74, 6) is -1.95. The van der Waals surface area contributed by atoms with E-state index in [4.69, 9.17) is 23.2 Å². The van der Waals surface area contributed by atoms with Crippen LogP contribution in [0.1, 0.15) is 12.8 Å². The Morgan fingerprint density at radius 2 is 1.65 bits per heavy atom. The van der Waals surface area contributed by atoms with Gasteiger partial charge in [0.1, 0.15) is 23.0 Å². The lowest BCUT2D eigenvalue weighted by molar-refractivity contribution is -0.119. The standard InChI is InChI=1S/C16H12Cl2F2N2O/c17-10-3-1-5-12(19)14(10)21-22(16(23)9-7-8-9)15-11(18)4-2-6-13(15)20/h1-6,9,21H,7-8H2. The van der Waals surface area contributed by atoms with Crippen molar-refractivity contribution in [1.29, 1.82) is 0 Å². The van der Waals surface area contributed by atoms with E-state index in [1.54, 1.807) is 0 Å². The summed E-state index contributed by atoms with van der Waals surface area (Å²) in [6, 6.07) is 8.16. The van der Waals surface area contributed by atoms with Crippen LogP contribution in [0.25, 0.3) is 0 Å². The maximum absolute atomic E-state index is 14.2. The van der Waals surface area contributed by atoms with Crippen molar-refractivity contribution in [3.05, 3.63) is 58.1 Å². The fourth-order valence-electron chi connectivity index (χ4n) is 2.15. The number of anilines is 2. The van der Waals surface area contributed by atoms with E-state index in [-0.39, 0.29) is 33.2 Å². The SMILES string of the molecule is O=C(C1CC1)N(Nc1c(F)cccc1Cl)c1c(F)cccc1Cl. The average Bonchev–Trinajstić information content (AvgIpc) is 3.33. The quantitative estimate of drug-likeness (QED) is 0.778. The predicted molar refractivity (Wildman–Crippen MR) is 86.7 cm³/mol. The molecule has 0 aromatic heterocycles. The summed E-state index contributed by atoms with van der Waals surface area (Å²) in [4.78, 5) is 12.5. The van der Waals surface area contributed by atoms with Gasteiger partial charge in [-0.1, -0.05) is 35.3 Å². The Bertz CT molecular complexity index is 725. The molecule has 0 spiro atoms. The summed E-state index contributed by atoms with van der Waals surface area (Å²) in [7, 11) is 0. The molecule has 2 aromatic rings. The van der Waals surface area contributed by atoms with Crippen molar-refractivity contribution in [2.75, 3.05) is 10.4 Å². The summed E-state index contributed by atoms with van der Waals surface area (Å²) in [5.41, 5.74) is 2.33. The largest absolute Gasteiger partial charge is 0.287 e. The smallest absolute Gasteiger partial charge is 0.248 e. The second-order valence-corrected chi connectivity index (χ2v) is 6.04. The molecule has 120 valence electrons. The number of nitrogens with one attached hydrogen (secondary N) is 1. The van der Waals surface area contributed by atoms with E-state index in [0.29, 0.717) is 12.8 Å². The molecule has 1 saturated carbocycles. The van der Waals surface area contributed by atoms with Gasteiger partial charge in [0.05, 0.1) is 10.0 Å². The Morgan fingerprint density at radius 1 is 1.04 bits per heavy atom. The minimum Gasteiger partial charge on any atom is -0.287 e. The Hall–Kier alpha value is -1.85. The van der Waals surface area contributed by atoms with E-state index >= 15 is 0 Å². The first-order valence-corrected chi connectivity index (χ1v) is 7.73. The maximum Gasteiger partial charge on any atom is 0.248 e. The van der Waals surface area contributed by atoms with Crippen molar-refractivity contribution in [2.45, 2.75) is 12.8 Å². The van der Waals surface area contributed by atoms with Crippen LogP contribution >= 0.6 is 23.2 Å². The zero-order valence-electron chi connectivity index (χ0n) is 11.8. The molecule has 1 fully saturated rings. The van der Waals surface area contributed by atoms with Gasteiger partial charge in [0.15, 0.2) is 0 Å². The van der Waals surface area contributed by atoms with Crippen LogP contribution in [0, 0.1) is 17.6 Å². The van der Waals surface area contributed by atoms with Gasteiger partial charge in [-0.15, -0.1) is 0 Å². The fourth-order valence-corrected chi connectivity index (χ4v) is 2.61. The van der Waals surface area contributed by atoms with Crippen molar-refractivity contribution >= 4 is 40.5 Å². The van der Waals surface area contributed by atoms with Gasteiger partial charge in [0.25, 0.3) is 0 Å². The van der Waals surface area contributed by atoms with Crippen LogP contribution in [0.3, 0.4) is 0 Å². The number of benzene rings is 2. The minimum absolute atomic E-state index is 0.0407. The van der Waals surface area contributed by atoms with E-state index in [2.05, 4.69) is 5.43 Å². The Balaban J connectivity index is 2.05. The molecule has 0 unspecified atom stereocenters. The van der Waals surface area contributed by atoms with Gasteiger partial charge < -0.3 is 0 Å².